The highest BCUT2D eigenvalue weighted by Gasteiger charge is 2.28. The maximum atomic E-state index is 12.4. The third-order valence-corrected chi connectivity index (χ3v) is 3.68. The molecular weight excluding hydrogens is 250 g/mol. The van der Waals surface area contributed by atoms with Crippen LogP contribution in [0, 0.1) is 0 Å². The molecule has 0 aliphatic heterocycles. The van der Waals surface area contributed by atoms with Crippen LogP contribution in [0.15, 0.2) is 24.3 Å². The van der Waals surface area contributed by atoms with Crippen LogP contribution in [0.1, 0.15) is 36.0 Å². The van der Waals surface area contributed by atoms with Gasteiger partial charge in [-0.1, -0.05) is 11.6 Å². The lowest BCUT2D eigenvalue weighted by Crippen LogP contribution is -2.44. The van der Waals surface area contributed by atoms with Gasteiger partial charge in [-0.05, 0) is 49.9 Å². The highest BCUT2D eigenvalue weighted by molar-refractivity contribution is 6.30. The molecule has 0 spiro atoms. The summed E-state index contributed by atoms with van der Waals surface area (Å²) in [5.41, 5.74) is 0.671. The number of rotatable bonds is 5. The van der Waals surface area contributed by atoms with E-state index in [0.29, 0.717) is 29.6 Å². The van der Waals surface area contributed by atoms with Gasteiger partial charge in [-0.2, -0.15) is 0 Å². The maximum Gasteiger partial charge on any atom is 0.254 e. The summed E-state index contributed by atoms with van der Waals surface area (Å²) in [7, 11) is 0. The largest absolute Gasteiger partial charge is 0.396 e. The maximum absolute atomic E-state index is 12.4. The minimum atomic E-state index is 0.0461. The molecule has 1 saturated carbocycles. The van der Waals surface area contributed by atoms with Gasteiger partial charge in [0.05, 0.1) is 0 Å². The Morgan fingerprint density at radius 2 is 2.00 bits per heavy atom. The predicted molar refractivity (Wildman–Crippen MR) is 71.8 cm³/mol. The minimum absolute atomic E-state index is 0.0461. The first-order valence-electron chi connectivity index (χ1n) is 6.40. The van der Waals surface area contributed by atoms with Gasteiger partial charge in [0.15, 0.2) is 0 Å². The summed E-state index contributed by atoms with van der Waals surface area (Å²) in [4.78, 5) is 14.3. The van der Waals surface area contributed by atoms with E-state index in [4.69, 9.17) is 16.7 Å². The van der Waals surface area contributed by atoms with Crippen LogP contribution in [0.2, 0.25) is 5.02 Å². The van der Waals surface area contributed by atoms with Crippen LogP contribution in [0.25, 0.3) is 0 Å². The van der Waals surface area contributed by atoms with E-state index in [1.165, 1.54) is 6.42 Å². The second-order valence-corrected chi connectivity index (χ2v) is 5.10. The Labute approximate surface area is 112 Å². The quantitative estimate of drug-likeness (QED) is 0.891. The third-order valence-electron chi connectivity index (χ3n) is 3.42. The molecule has 1 fully saturated rings. The highest BCUT2D eigenvalue weighted by Crippen LogP contribution is 2.26. The lowest BCUT2D eigenvalue weighted by Gasteiger charge is -2.37. The van der Waals surface area contributed by atoms with Gasteiger partial charge >= 0.3 is 0 Å². The zero-order valence-electron chi connectivity index (χ0n) is 10.3. The smallest absolute Gasteiger partial charge is 0.254 e. The van der Waals surface area contributed by atoms with Crippen molar-refractivity contribution in [1.82, 2.24) is 4.90 Å². The fraction of sp³-hybridized carbons (Fsp3) is 0.500. The van der Waals surface area contributed by atoms with Gasteiger partial charge in [0.2, 0.25) is 0 Å². The molecule has 98 valence electrons. The zero-order valence-corrected chi connectivity index (χ0v) is 11.1. The van der Waals surface area contributed by atoms with Crippen molar-refractivity contribution >= 4 is 17.5 Å². The van der Waals surface area contributed by atoms with Crippen LogP contribution < -0.4 is 0 Å². The number of carbonyl (C=O) groups excluding carboxylic acids is 1. The molecule has 2 rings (SSSR count). The summed E-state index contributed by atoms with van der Waals surface area (Å²) in [6, 6.07) is 7.34. The Morgan fingerprint density at radius 3 is 2.50 bits per heavy atom. The Hall–Kier alpha value is -1.06. The summed E-state index contributed by atoms with van der Waals surface area (Å²) >= 11 is 5.82. The van der Waals surface area contributed by atoms with Gasteiger partial charge in [0.1, 0.15) is 0 Å². The molecule has 18 heavy (non-hydrogen) atoms. The molecule has 1 amide bonds. The second-order valence-electron chi connectivity index (χ2n) is 4.67. The molecule has 1 aliphatic rings. The van der Waals surface area contributed by atoms with Crippen LogP contribution in [-0.4, -0.2) is 35.1 Å². The highest BCUT2D eigenvalue weighted by atomic mass is 35.5. The molecule has 1 aliphatic carbocycles. The van der Waals surface area contributed by atoms with Gasteiger partial charge in [-0.3, -0.25) is 4.79 Å². The molecule has 1 N–H and O–H groups in total. The van der Waals surface area contributed by atoms with Gasteiger partial charge < -0.3 is 10.0 Å². The van der Waals surface area contributed by atoms with Crippen LogP contribution in [0.4, 0.5) is 0 Å². The average Bonchev–Trinajstić information content (AvgIpc) is 2.32. The molecule has 0 unspecified atom stereocenters. The van der Waals surface area contributed by atoms with Gasteiger partial charge in [0.25, 0.3) is 5.91 Å². The minimum Gasteiger partial charge on any atom is -0.396 e. The Kier molecular flexibility index (Phi) is 4.61. The first-order chi connectivity index (χ1) is 8.72. The number of amides is 1. The summed E-state index contributed by atoms with van der Waals surface area (Å²) in [5, 5.41) is 9.56. The van der Waals surface area contributed by atoms with Crippen molar-refractivity contribution in [2.75, 3.05) is 13.2 Å². The number of hydrogen-bond donors (Lipinski definition) is 1. The molecule has 1 aromatic rings. The first-order valence-corrected chi connectivity index (χ1v) is 6.77. The summed E-state index contributed by atoms with van der Waals surface area (Å²) in [6.07, 6.45) is 3.97. The first kappa shape index (κ1) is 13.4. The van der Waals surface area contributed by atoms with Crippen molar-refractivity contribution in [3.05, 3.63) is 34.9 Å². The van der Waals surface area contributed by atoms with Crippen molar-refractivity contribution in [3.63, 3.8) is 0 Å². The van der Waals surface area contributed by atoms with E-state index in [0.717, 1.165) is 12.8 Å². The van der Waals surface area contributed by atoms with Crippen molar-refractivity contribution in [3.8, 4) is 0 Å². The number of nitrogens with zero attached hydrogens (tertiary/aromatic N) is 1. The van der Waals surface area contributed by atoms with E-state index in [1.54, 1.807) is 24.3 Å². The molecule has 0 saturated heterocycles. The molecular formula is C14H18ClNO2. The fourth-order valence-electron chi connectivity index (χ4n) is 2.15. The van der Waals surface area contributed by atoms with E-state index in [1.807, 2.05) is 4.90 Å². The van der Waals surface area contributed by atoms with E-state index in [-0.39, 0.29) is 12.5 Å². The van der Waals surface area contributed by atoms with Crippen molar-refractivity contribution in [2.45, 2.75) is 31.7 Å². The SMILES string of the molecule is O=C(c1ccc(Cl)cc1)N(CCCO)C1CCC1. The van der Waals surface area contributed by atoms with Crippen LogP contribution in [-0.2, 0) is 0 Å². The van der Waals surface area contributed by atoms with Crippen molar-refractivity contribution in [1.29, 1.82) is 0 Å². The monoisotopic (exact) mass is 267 g/mol. The summed E-state index contributed by atoms with van der Waals surface area (Å²) in [6.45, 7) is 0.750. The molecule has 3 nitrogen and oxygen atoms in total. The lowest BCUT2D eigenvalue weighted by molar-refractivity contribution is 0.0562. The topological polar surface area (TPSA) is 40.5 Å². The Bertz CT molecular complexity index is 401. The van der Waals surface area contributed by atoms with Crippen LogP contribution in [0.3, 0.4) is 0 Å². The molecule has 0 atom stereocenters. The fourth-order valence-corrected chi connectivity index (χ4v) is 2.27. The average molecular weight is 268 g/mol. The molecule has 4 heteroatoms. The second kappa shape index (κ2) is 6.21. The van der Waals surface area contributed by atoms with Crippen molar-refractivity contribution in [2.24, 2.45) is 0 Å². The number of halogens is 1. The van der Waals surface area contributed by atoms with E-state index in [2.05, 4.69) is 0 Å². The molecule has 0 aromatic heterocycles. The molecule has 1 aromatic carbocycles. The van der Waals surface area contributed by atoms with Crippen LogP contribution in [0.5, 0.6) is 0 Å². The molecule has 0 heterocycles. The van der Waals surface area contributed by atoms with Gasteiger partial charge in [-0.25, -0.2) is 0 Å². The van der Waals surface area contributed by atoms with Crippen LogP contribution >= 0.6 is 11.6 Å². The standard InChI is InChI=1S/C14H18ClNO2/c15-12-7-5-11(6-8-12)14(18)16(9-2-10-17)13-3-1-4-13/h5-8,13,17H,1-4,9-10H2. The number of aliphatic hydroxyl groups excluding tert-OH is 1. The zero-order chi connectivity index (χ0) is 13.0. The number of aliphatic hydroxyl groups is 1. The Balaban J connectivity index is 2.08. The predicted octanol–water partition coefficient (Wildman–Crippen LogP) is 2.72. The third kappa shape index (κ3) is 3.03. The number of carbonyl (C=O) groups is 1. The van der Waals surface area contributed by atoms with E-state index < -0.39 is 0 Å². The van der Waals surface area contributed by atoms with Gasteiger partial charge in [-0.15, -0.1) is 0 Å². The normalized spacial score (nSPS) is 15.2. The van der Waals surface area contributed by atoms with E-state index in [9.17, 15) is 4.79 Å². The van der Waals surface area contributed by atoms with E-state index >= 15 is 0 Å². The van der Waals surface area contributed by atoms with Crippen molar-refractivity contribution < 1.29 is 9.90 Å². The molecule has 0 bridgehead atoms. The Morgan fingerprint density at radius 1 is 1.33 bits per heavy atom. The lowest BCUT2D eigenvalue weighted by atomic mass is 9.91. The van der Waals surface area contributed by atoms with Gasteiger partial charge in [0, 0.05) is 29.8 Å². The summed E-state index contributed by atoms with van der Waals surface area (Å²) in [5.74, 6) is 0.0461. The number of hydrogen-bond acceptors (Lipinski definition) is 2. The number of benzene rings is 1. The summed E-state index contributed by atoms with van der Waals surface area (Å²) < 4.78 is 0. The molecule has 0 radical (unpaired) electrons.